The van der Waals surface area contributed by atoms with Crippen molar-refractivity contribution in [1.82, 2.24) is 4.98 Å². The van der Waals surface area contributed by atoms with Crippen molar-refractivity contribution in [2.45, 2.75) is 40.0 Å². The molecular weight excluding hydrogens is 146 g/mol. The van der Waals surface area contributed by atoms with Crippen molar-refractivity contribution in [3.8, 4) is 0 Å². The summed E-state index contributed by atoms with van der Waals surface area (Å²) in [5.74, 6) is 0. The average Bonchev–Trinajstić information content (AvgIpc) is 2.09. The highest BCUT2D eigenvalue weighted by molar-refractivity contribution is 5.29. The van der Waals surface area contributed by atoms with Gasteiger partial charge in [0.15, 0.2) is 0 Å². The Balaban J connectivity index is 3.02. The van der Waals surface area contributed by atoms with E-state index in [1.807, 2.05) is 6.20 Å². The van der Waals surface area contributed by atoms with Gasteiger partial charge in [-0.05, 0) is 37.0 Å². The molecule has 1 heterocycles. The number of nitrogens with zero attached hydrogens (tertiary/aromatic N) is 1. The van der Waals surface area contributed by atoms with Gasteiger partial charge >= 0.3 is 0 Å². The molecule has 1 rings (SSSR count). The van der Waals surface area contributed by atoms with Gasteiger partial charge in [0, 0.05) is 11.9 Å². The summed E-state index contributed by atoms with van der Waals surface area (Å²) in [6.45, 7) is 6.52. The summed E-state index contributed by atoms with van der Waals surface area (Å²) >= 11 is 0. The number of hydrogen-bond acceptors (Lipinski definition) is 1. The molecule has 0 radical (unpaired) electrons. The highest BCUT2D eigenvalue weighted by atomic mass is 14.7. The second kappa shape index (κ2) is 4.24. The molecule has 0 saturated heterocycles. The van der Waals surface area contributed by atoms with Gasteiger partial charge in [0.1, 0.15) is 0 Å². The van der Waals surface area contributed by atoms with E-state index < -0.39 is 0 Å². The molecule has 0 atom stereocenters. The Hall–Kier alpha value is -0.850. The van der Waals surface area contributed by atoms with Gasteiger partial charge in [0.2, 0.25) is 0 Å². The second-order valence-corrected chi connectivity index (χ2v) is 3.14. The van der Waals surface area contributed by atoms with Crippen LogP contribution in [-0.2, 0) is 12.8 Å². The topological polar surface area (TPSA) is 12.9 Å². The van der Waals surface area contributed by atoms with Crippen molar-refractivity contribution >= 4 is 0 Å². The van der Waals surface area contributed by atoms with Crippen molar-refractivity contribution in [2.24, 2.45) is 0 Å². The van der Waals surface area contributed by atoms with Gasteiger partial charge in [0.05, 0.1) is 0 Å². The van der Waals surface area contributed by atoms with Gasteiger partial charge in [-0.1, -0.05) is 20.3 Å². The Morgan fingerprint density at radius 3 is 2.67 bits per heavy atom. The molecule has 1 nitrogen and oxygen atoms in total. The Morgan fingerprint density at radius 1 is 1.33 bits per heavy atom. The zero-order valence-corrected chi connectivity index (χ0v) is 8.22. The van der Waals surface area contributed by atoms with E-state index in [-0.39, 0.29) is 0 Å². The molecule has 1 heteroatoms. The standard InChI is InChI=1S/C11H17N/c1-4-6-11-9(3)12-8-7-10(11)5-2/h7-8H,4-6H2,1-3H3. The Morgan fingerprint density at radius 2 is 2.08 bits per heavy atom. The smallest absolute Gasteiger partial charge is 0.0407 e. The number of hydrogen-bond donors (Lipinski definition) is 0. The molecule has 0 fully saturated rings. The summed E-state index contributed by atoms with van der Waals surface area (Å²) in [6.07, 6.45) is 5.41. The van der Waals surface area contributed by atoms with Crippen LogP contribution in [0.5, 0.6) is 0 Å². The summed E-state index contributed by atoms with van der Waals surface area (Å²) in [5.41, 5.74) is 4.13. The predicted molar refractivity (Wildman–Crippen MR) is 52.3 cm³/mol. The van der Waals surface area contributed by atoms with Crippen LogP contribution >= 0.6 is 0 Å². The van der Waals surface area contributed by atoms with E-state index in [1.54, 1.807) is 0 Å². The van der Waals surface area contributed by atoms with Crippen LogP contribution in [0.15, 0.2) is 12.3 Å². The van der Waals surface area contributed by atoms with E-state index in [4.69, 9.17) is 0 Å². The van der Waals surface area contributed by atoms with Crippen LogP contribution in [0.3, 0.4) is 0 Å². The van der Waals surface area contributed by atoms with E-state index >= 15 is 0 Å². The number of rotatable bonds is 3. The molecule has 1 aromatic heterocycles. The lowest BCUT2D eigenvalue weighted by Gasteiger charge is -2.08. The molecule has 0 amide bonds. The lowest BCUT2D eigenvalue weighted by molar-refractivity contribution is 0.873. The van der Waals surface area contributed by atoms with Crippen LogP contribution in [0.25, 0.3) is 0 Å². The zero-order chi connectivity index (χ0) is 8.97. The summed E-state index contributed by atoms with van der Waals surface area (Å²) in [4.78, 5) is 4.31. The van der Waals surface area contributed by atoms with Crippen molar-refractivity contribution < 1.29 is 0 Å². The summed E-state index contributed by atoms with van der Waals surface area (Å²) in [6, 6.07) is 2.14. The maximum Gasteiger partial charge on any atom is 0.0407 e. The van der Waals surface area contributed by atoms with Crippen molar-refractivity contribution in [2.75, 3.05) is 0 Å². The zero-order valence-electron chi connectivity index (χ0n) is 8.22. The molecule has 66 valence electrons. The minimum Gasteiger partial charge on any atom is -0.261 e. The fourth-order valence-electron chi connectivity index (χ4n) is 1.57. The number of pyridine rings is 1. The third-order valence-corrected chi connectivity index (χ3v) is 2.25. The fourth-order valence-corrected chi connectivity index (χ4v) is 1.57. The third kappa shape index (κ3) is 1.84. The molecular formula is C11H17N. The third-order valence-electron chi connectivity index (χ3n) is 2.25. The second-order valence-electron chi connectivity index (χ2n) is 3.14. The van der Waals surface area contributed by atoms with Crippen molar-refractivity contribution in [3.05, 3.63) is 29.1 Å². The van der Waals surface area contributed by atoms with Crippen molar-refractivity contribution in [3.63, 3.8) is 0 Å². The first-order valence-electron chi connectivity index (χ1n) is 4.73. The van der Waals surface area contributed by atoms with Gasteiger partial charge < -0.3 is 0 Å². The Labute approximate surface area is 74.8 Å². The van der Waals surface area contributed by atoms with E-state index in [0.29, 0.717) is 0 Å². The van der Waals surface area contributed by atoms with E-state index in [0.717, 1.165) is 6.42 Å². The largest absolute Gasteiger partial charge is 0.261 e. The van der Waals surface area contributed by atoms with Crippen LogP contribution in [0.1, 0.15) is 37.1 Å². The first-order valence-corrected chi connectivity index (χ1v) is 4.73. The molecule has 1 aromatic rings. The Bertz CT molecular complexity index is 253. The fraction of sp³-hybridized carbons (Fsp3) is 0.545. The summed E-state index contributed by atoms with van der Waals surface area (Å²) in [5, 5.41) is 0. The van der Waals surface area contributed by atoms with Gasteiger partial charge in [-0.25, -0.2) is 0 Å². The van der Waals surface area contributed by atoms with Gasteiger partial charge in [-0.15, -0.1) is 0 Å². The summed E-state index contributed by atoms with van der Waals surface area (Å²) in [7, 11) is 0. The Kier molecular flexibility index (Phi) is 3.27. The lowest BCUT2D eigenvalue weighted by atomic mass is 10.0. The van der Waals surface area contributed by atoms with Crippen molar-refractivity contribution in [1.29, 1.82) is 0 Å². The SMILES string of the molecule is CCCc1c(CC)ccnc1C. The van der Waals surface area contributed by atoms with Gasteiger partial charge in [-0.2, -0.15) is 0 Å². The van der Waals surface area contributed by atoms with Crippen LogP contribution in [0, 0.1) is 6.92 Å². The highest BCUT2D eigenvalue weighted by Crippen LogP contribution is 2.14. The molecule has 0 bridgehead atoms. The molecule has 0 aliphatic heterocycles. The molecule has 0 spiro atoms. The maximum atomic E-state index is 4.31. The average molecular weight is 163 g/mol. The number of aryl methyl sites for hydroxylation is 2. The molecule has 0 aliphatic rings. The number of aromatic nitrogens is 1. The maximum absolute atomic E-state index is 4.31. The van der Waals surface area contributed by atoms with E-state index in [2.05, 4.69) is 31.8 Å². The molecule has 0 aliphatic carbocycles. The quantitative estimate of drug-likeness (QED) is 0.667. The van der Waals surface area contributed by atoms with E-state index in [9.17, 15) is 0 Å². The minimum atomic E-state index is 1.12. The summed E-state index contributed by atoms with van der Waals surface area (Å²) < 4.78 is 0. The monoisotopic (exact) mass is 163 g/mol. The lowest BCUT2D eigenvalue weighted by Crippen LogP contribution is -1.97. The van der Waals surface area contributed by atoms with Crippen LogP contribution in [0.4, 0.5) is 0 Å². The molecule has 0 aromatic carbocycles. The minimum absolute atomic E-state index is 1.12. The molecule has 0 unspecified atom stereocenters. The molecule has 0 N–H and O–H groups in total. The highest BCUT2D eigenvalue weighted by Gasteiger charge is 2.02. The van der Waals surface area contributed by atoms with Crippen LogP contribution < -0.4 is 0 Å². The predicted octanol–water partition coefficient (Wildman–Crippen LogP) is 2.90. The first kappa shape index (κ1) is 9.24. The molecule has 0 saturated carbocycles. The van der Waals surface area contributed by atoms with E-state index in [1.165, 1.54) is 29.7 Å². The van der Waals surface area contributed by atoms with Gasteiger partial charge in [0.25, 0.3) is 0 Å². The normalized spacial score (nSPS) is 10.2. The van der Waals surface area contributed by atoms with Gasteiger partial charge in [-0.3, -0.25) is 4.98 Å². The molecule has 12 heavy (non-hydrogen) atoms. The van der Waals surface area contributed by atoms with Crippen LogP contribution in [-0.4, -0.2) is 4.98 Å². The van der Waals surface area contributed by atoms with Crippen LogP contribution in [0.2, 0.25) is 0 Å². The first-order chi connectivity index (χ1) is 5.79.